The zero-order valence-corrected chi connectivity index (χ0v) is 8.46. The van der Waals surface area contributed by atoms with Crippen molar-refractivity contribution in [2.75, 3.05) is 13.7 Å². The number of esters is 1. The molecule has 82 valence electrons. The fourth-order valence-electron chi connectivity index (χ4n) is 1.06. The summed E-state index contributed by atoms with van der Waals surface area (Å²) in [6.07, 6.45) is 0. The Morgan fingerprint density at radius 1 is 1.60 bits per heavy atom. The lowest BCUT2D eigenvalue weighted by atomic mass is 10.3. The number of H-pyrrole nitrogens is 1. The van der Waals surface area contributed by atoms with Crippen molar-refractivity contribution in [3.8, 4) is 5.75 Å². The molecule has 0 aliphatic heterocycles. The number of hydrogen-bond donors (Lipinski definition) is 3. The van der Waals surface area contributed by atoms with Crippen molar-refractivity contribution in [3.05, 3.63) is 17.5 Å². The lowest BCUT2D eigenvalue weighted by Crippen LogP contribution is -2.18. The highest BCUT2D eigenvalue weighted by molar-refractivity contribution is 5.98. The molecule has 3 N–H and O–H groups in total. The summed E-state index contributed by atoms with van der Waals surface area (Å²) in [4.78, 5) is 24.9. The number of carbonyl (C=O) groups excluding carboxylic acids is 2. The van der Waals surface area contributed by atoms with E-state index in [-0.39, 0.29) is 23.7 Å². The monoisotopic (exact) mass is 212 g/mol. The van der Waals surface area contributed by atoms with Crippen LogP contribution < -0.4 is 5.32 Å². The van der Waals surface area contributed by atoms with E-state index in [2.05, 4.69) is 10.3 Å². The molecule has 1 heterocycles. The molecule has 0 aliphatic carbocycles. The van der Waals surface area contributed by atoms with E-state index in [4.69, 9.17) is 4.74 Å². The summed E-state index contributed by atoms with van der Waals surface area (Å²) in [6.45, 7) is 1.90. The van der Waals surface area contributed by atoms with E-state index in [1.807, 2.05) is 0 Å². The average Bonchev–Trinajstić information content (AvgIpc) is 2.60. The maximum Gasteiger partial charge on any atom is 0.354 e. The smallest absolute Gasteiger partial charge is 0.354 e. The molecule has 6 heteroatoms. The number of aromatic hydroxyl groups is 1. The van der Waals surface area contributed by atoms with Gasteiger partial charge in [0.2, 0.25) is 0 Å². The average molecular weight is 212 g/mol. The zero-order chi connectivity index (χ0) is 11.4. The number of aromatic amines is 1. The van der Waals surface area contributed by atoms with Gasteiger partial charge in [0.15, 0.2) is 0 Å². The van der Waals surface area contributed by atoms with Crippen molar-refractivity contribution >= 4 is 11.9 Å². The second kappa shape index (κ2) is 4.50. The van der Waals surface area contributed by atoms with Crippen LogP contribution in [0.15, 0.2) is 6.07 Å². The Morgan fingerprint density at radius 3 is 2.80 bits per heavy atom. The Hall–Kier alpha value is -1.98. The summed E-state index contributed by atoms with van der Waals surface area (Å²) in [6, 6.07) is 1.16. The van der Waals surface area contributed by atoms with Crippen LogP contribution in [0.25, 0.3) is 0 Å². The second-order valence-corrected chi connectivity index (χ2v) is 2.74. The van der Waals surface area contributed by atoms with Crippen molar-refractivity contribution in [1.29, 1.82) is 0 Å². The molecule has 0 saturated carbocycles. The highest BCUT2D eigenvalue weighted by Gasteiger charge is 2.17. The minimum Gasteiger partial charge on any atom is -0.505 e. The molecule has 0 saturated heterocycles. The van der Waals surface area contributed by atoms with E-state index in [9.17, 15) is 14.7 Å². The van der Waals surface area contributed by atoms with Crippen LogP contribution in [-0.2, 0) is 4.74 Å². The van der Waals surface area contributed by atoms with Crippen molar-refractivity contribution in [2.24, 2.45) is 0 Å². The molecule has 1 aromatic heterocycles. The van der Waals surface area contributed by atoms with E-state index in [1.54, 1.807) is 6.92 Å². The first-order valence-electron chi connectivity index (χ1n) is 4.41. The third-order valence-electron chi connectivity index (χ3n) is 1.75. The van der Waals surface area contributed by atoms with Crippen LogP contribution in [0.1, 0.15) is 27.9 Å². The summed E-state index contributed by atoms with van der Waals surface area (Å²) >= 11 is 0. The number of rotatable bonds is 3. The highest BCUT2D eigenvalue weighted by atomic mass is 16.5. The van der Waals surface area contributed by atoms with Gasteiger partial charge in [-0.3, -0.25) is 4.79 Å². The van der Waals surface area contributed by atoms with Crippen LogP contribution in [0.4, 0.5) is 0 Å². The molecule has 0 bridgehead atoms. The molecule has 0 radical (unpaired) electrons. The van der Waals surface area contributed by atoms with Gasteiger partial charge in [0.25, 0.3) is 5.91 Å². The zero-order valence-electron chi connectivity index (χ0n) is 8.46. The van der Waals surface area contributed by atoms with Gasteiger partial charge >= 0.3 is 5.97 Å². The van der Waals surface area contributed by atoms with Gasteiger partial charge in [-0.15, -0.1) is 0 Å². The van der Waals surface area contributed by atoms with Gasteiger partial charge in [0, 0.05) is 13.1 Å². The number of hydrogen-bond acceptors (Lipinski definition) is 4. The molecule has 1 aromatic rings. The van der Waals surface area contributed by atoms with Crippen LogP contribution in [-0.4, -0.2) is 35.6 Å². The fourth-order valence-corrected chi connectivity index (χ4v) is 1.06. The van der Waals surface area contributed by atoms with E-state index in [0.717, 1.165) is 6.07 Å². The van der Waals surface area contributed by atoms with Gasteiger partial charge in [-0.25, -0.2) is 4.79 Å². The molecule has 6 nitrogen and oxygen atoms in total. The van der Waals surface area contributed by atoms with E-state index >= 15 is 0 Å². The molecule has 0 aliphatic rings. The number of aromatic nitrogens is 1. The SMILES string of the molecule is CCOC(=O)c1cc(O)c(C(=O)NC)[nH]1. The fraction of sp³-hybridized carbons (Fsp3) is 0.333. The van der Waals surface area contributed by atoms with Crippen molar-refractivity contribution < 1.29 is 19.4 Å². The maximum atomic E-state index is 11.2. The molecule has 0 aromatic carbocycles. The van der Waals surface area contributed by atoms with Crippen molar-refractivity contribution in [1.82, 2.24) is 10.3 Å². The number of ether oxygens (including phenoxy) is 1. The van der Waals surface area contributed by atoms with Gasteiger partial charge in [0.1, 0.15) is 17.1 Å². The third kappa shape index (κ3) is 2.28. The summed E-state index contributed by atoms with van der Waals surface area (Å²) < 4.78 is 4.70. The molecular weight excluding hydrogens is 200 g/mol. The Bertz CT molecular complexity index is 383. The highest BCUT2D eigenvalue weighted by Crippen LogP contribution is 2.18. The molecule has 0 unspecified atom stereocenters. The Labute approximate surface area is 86.2 Å². The summed E-state index contributed by atoms with van der Waals surface area (Å²) in [5.41, 5.74) is -0.00602. The molecule has 15 heavy (non-hydrogen) atoms. The number of amides is 1. The maximum absolute atomic E-state index is 11.2. The number of nitrogens with one attached hydrogen (secondary N) is 2. The van der Waals surface area contributed by atoms with Crippen LogP contribution in [0, 0.1) is 0 Å². The van der Waals surface area contributed by atoms with Crippen LogP contribution in [0.2, 0.25) is 0 Å². The second-order valence-electron chi connectivity index (χ2n) is 2.74. The van der Waals surface area contributed by atoms with Crippen LogP contribution in [0.5, 0.6) is 5.75 Å². The van der Waals surface area contributed by atoms with Gasteiger partial charge in [0.05, 0.1) is 6.61 Å². The summed E-state index contributed by atoms with van der Waals surface area (Å²) in [5, 5.41) is 11.7. The molecule has 0 atom stereocenters. The van der Waals surface area contributed by atoms with E-state index < -0.39 is 11.9 Å². The van der Waals surface area contributed by atoms with Crippen LogP contribution >= 0.6 is 0 Å². The Kier molecular flexibility index (Phi) is 3.33. The molecular formula is C9H12N2O4. The predicted molar refractivity (Wildman–Crippen MR) is 51.8 cm³/mol. The van der Waals surface area contributed by atoms with E-state index in [1.165, 1.54) is 7.05 Å². The van der Waals surface area contributed by atoms with Gasteiger partial charge in [-0.05, 0) is 6.92 Å². The molecule has 1 rings (SSSR count). The van der Waals surface area contributed by atoms with Crippen LogP contribution in [0.3, 0.4) is 0 Å². The quantitative estimate of drug-likeness (QED) is 0.626. The number of carbonyl (C=O) groups is 2. The lowest BCUT2D eigenvalue weighted by molar-refractivity contribution is 0.0520. The normalized spacial score (nSPS) is 9.73. The van der Waals surface area contributed by atoms with Gasteiger partial charge in [-0.1, -0.05) is 0 Å². The van der Waals surface area contributed by atoms with Crippen molar-refractivity contribution in [3.63, 3.8) is 0 Å². The van der Waals surface area contributed by atoms with Crippen molar-refractivity contribution in [2.45, 2.75) is 6.92 Å². The largest absolute Gasteiger partial charge is 0.505 e. The minimum atomic E-state index is -0.608. The molecule has 0 fully saturated rings. The first-order chi connectivity index (χ1) is 7.10. The Balaban J connectivity index is 2.95. The first-order valence-corrected chi connectivity index (χ1v) is 4.41. The predicted octanol–water partition coefficient (Wildman–Crippen LogP) is 0.257. The molecule has 0 spiro atoms. The van der Waals surface area contributed by atoms with Gasteiger partial charge in [-0.2, -0.15) is 0 Å². The topological polar surface area (TPSA) is 91.4 Å². The lowest BCUT2D eigenvalue weighted by Gasteiger charge is -1.98. The standard InChI is InChI=1S/C9H12N2O4/c1-3-15-9(14)5-4-6(12)7(11-5)8(13)10-2/h4,11-12H,3H2,1-2H3,(H,10,13). The van der Waals surface area contributed by atoms with E-state index in [0.29, 0.717) is 0 Å². The summed E-state index contributed by atoms with van der Waals surface area (Å²) in [7, 11) is 1.42. The summed E-state index contributed by atoms with van der Waals surface area (Å²) in [5.74, 6) is -1.39. The Morgan fingerprint density at radius 2 is 2.27 bits per heavy atom. The van der Waals surface area contributed by atoms with Gasteiger partial charge < -0.3 is 20.1 Å². The first kappa shape index (κ1) is 11.1. The third-order valence-corrected chi connectivity index (χ3v) is 1.75. The minimum absolute atomic E-state index is 0.0490. The molecule has 1 amide bonds.